The van der Waals surface area contributed by atoms with Crippen LogP contribution in [0.2, 0.25) is 0 Å². The summed E-state index contributed by atoms with van der Waals surface area (Å²) < 4.78 is 5.40. The van der Waals surface area contributed by atoms with E-state index in [1.54, 1.807) is 18.2 Å². The summed E-state index contributed by atoms with van der Waals surface area (Å²) in [7, 11) is 0. The van der Waals surface area contributed by atoms with Gasteiger partial charge in [0.1, 0.15) is 0 Å². The second-order valence-electron chi connectivity index (χ2n) is 11.3. The van der Waals surface area contributed by atoms with Crippen LogP contribution in [-0.2, 0) is 15.6 Å². The number of ether oxygens (including phenoxy) is 1. The fourth-order valence-corrected chi connectivity index (χ4v) is 4.87. The van der Waals surface area contributed by atoms with Gasteiger partial charge in [0.15, 0.2) is 5.78 Å². The Morgan fingerprint density at radius 3 is 2.09 bits per heavy atom. The number of ketones is 1. The molecule has 0 amide bonds. The Hall–Kier alpha value is -2.68. The predicted octanol–water partition coefficient (Wildman–Crippen LogP) is 8.45. The van der Waals surface area contributed by atoms with Crippen molar-refractivity contribution in [1.82, 2.24) is 0 Å². The quantitative estimate of drug-likeness (QED) is 0.142. The van der Waals surface area contributed by atoms with Crippen molar-refractivity contribution in [3.8, 4) is 0 Å². The third-order valence-corrected chi connectivity index (χ3v) is 7.44. The molecule has 0 N–H and O–H groups in total. The number of carbonyl (C=O) groups is 2. The molecule has 0 radical (unpaired) electrons. The van der Waals surface area contributed by atoms with Crippen LogP contribution in [-0.4, -0.2) is 18.4 Å². The summed E-state index contributed by atoms with van der Waals surface area (Å²) in [5.74, 6) is -0.292. The predicted molar refractivity (Wildman–Crippen MR) is 145 cm³/mol. The highest BCUT2D eigenvalue weighted by Crippen LogP contribution is 2.45. The fraction of sp³-hybridized carbons (Fsp3) is 0.500. The number of esters is 1. The van der Waals surface area contributed by atoms with Crippen LogP contribution in [0, 0.1) is 0 Å². The molecule has 2 aromatic carbocycles. The Bertz CT molecular complexity index is 1040. The molecule has 35 heavy (non-hydrogen) atoms. The summed E-state index contributed by atoms with van der Waals surface area (Å²) in [4.78, 5) is 25.2. The van der Waals surface area contributed by atoms with E-state index < -0.39 is 0 Å². The van der Waals surface area contributed by atoms with Crippen molar-refractivity contribution in [3.05, 3.63) is 76.4 Å². The van der Waals surface area contributed by atoms with Crippen LogP contribution in [0.25, 0.3) is 6.08 Å². The van der Waals surface area contributed by atoms with E-state index in [2.05, 4.69) is 46.8 Å². The SMILES string of the molecule is CCCCCCCCOC(=O)c1ccc(C=CC(=O)c2ccc3c(c2)C(C)(C)CCC3(C)C)cc1. The van der Waals surface area contributed by atoms with Gasteiger partial charge in [-0.25, -0.2) is 4.79 Å². The average Bonchev–Trinajstić information content (AvgIpc) is 2.85. The number of hydrogen-bond donors (Lipinski definition) is 0. The zero-order valence-corrected chi connectivity index (χ0v) is 22.3. The van der Waals surface area contributed by atoms with Crippen molar-refractivity contribution in [2.75, 3.05) is 6.61 Å². The Balaban J connectivity index is 1.57. The van der Waals surface area contributed by atoms with E-state index >= 15 is 0 Å². The molecular weight excluding hydrogens is 432 g/mol. The highest BCUT2D eigenvalue weighted by Gasteiger charge is 2.37. The van der Waals surface area contributed by atoms with Crippen molar-refractivity contribution in [1.29, 1.82) is 0 Å². The third kappa shape index (κ3) is 7.16. The molecule has 0 saturated carbocycles. The van der Waals surface area contributed by atoms with Gasteiger partial charge in [0.2, 0.25) is 0 Å². The van der Waals surface area contributed by atoms with E-state index in [4.69, 9.17) is 4.74 Å². The first-order valence-electron chi connectivity index (χ1n) is 13.3. The van der Waals surface area contributed by atoms with E-state index in [1.165, 1.54) is 36.8 Å². The number of carbonyl (C=O) groups excluding carboxylic acids is 2. The van der Waals surface area contributed by atoms with Crippen molar-refractivity contribution in [3.63, 3.8) is 0 Å². The van der Waals surface area contributed by atoms with Gasteiger partial charge < -0.3 is 4.74 Å². The lowest BCUT2D eigenvalue weighted by molar-refractivity contribution is 0.0497. The monoisotopic (exact) mass is 474 g/mol. The third-order valence-electron chi connectivity index (χ3n) is 7.44. The highest BCUT2D eigenvalue weighted by atomic mass is 16.5. The van der Waals surface area contributed by atoms with Crippen molar-refractivity contribution < 1.29 is 14.3 Å². The van der Waals surface area contributed by atoms with Crippen LogP contribution in [0.3, 0.4) is 0 Å². The molecule has 1 aliphatic rings. The first-order valence-corrected chi connectivity index (χ1v) is 13.3. The molecular formula is C32H42O3. The van der Waals surface area contributed by atoms with Crippen LogP contribution in [0.5, 0.6) is 0 Å². The summed E-state index contributed by atoms with van der Waals surface area (Å²) in [6.07, 6.45) is 12.7. The lowest BCUT2D eigenvalue weighted by Gasteiger charge is -2.42. The van der Waals surface area contributed by atoms with E-state index in [-0.39, 0.29) is 22.6 Å². The zero-order chi connectivity index (χ0) is 25.5. The van der Waals surface area contributed by atoms with Gasteiger partial charge in [-0.3, -0.25) is 4.79 Å². The van der Waals surface area contributed by atoms with Gasteiger partial charge in [0.05, 0.1) is 12.2 Å². The molecule has 1 aliphatic carbocycles. The van der Waals surface area contributed by atoms with Gasteiger partial charge in [-0.2, -0.15) is 0 Å². The van der Waals surface area contributed by atoms with Gasteiger partial charge in [0.25, 0.3) is 0 Å². The minimum atomic E-state index is -0.287. The van der Waals surface area contributed by atoms with E-state index in [9.17, 15) is 9.59 Å². The van der Waals surface area contributed by atoms with Crippen molar-refractivity contribution >= 4 is 17.8 Å². The highest BCUT2D eigenvalue weighted by molar-refractivity contribution is 6.07. The molecule has 3 nitrogen and oxygen atoms in total. The number of fused-ring (bicyclic) bond motifs is 1. The van der Waals surface area contributed by atoms with Crippen LogP contribution >= 0.6 is 0 Å². The van der Waals surface area contributed by atoms with Gasteiger partial charge in [-0.1, -0.05) is 97.1 Å². The number of unbranched alkanes of at least 4 members (excludes halogenated alkanes) is 5. The number of benzene rings is 2. The van der Waals surface area contributed by atoms with Crippen LogP contribution in [0.1, 0.15) is 123 Å². The second-order valence-corrected chi connectivity index (χ2v) is 11.3. The normalized spacial score (nSPS) is 16.1. The molecule has 0 unspecified atom stereocenters. The molecule has 2 aromatic rings. The first-order chi connectivity index (χ1) is 16.6. The fourth-order valence-electron chi connectivity index (χ4n) is 4.87. The van der Waals surface area contributed by atoms with Crippen molar-refractivity contribution in [2.24, 2.45) is 0 Å². The Morgan fingerprint density at radius 2 is 1.40 bits per heavy atom. The summed E-state index contributed by atoms with van der Waals surface area (Å²) in [6, 6.07) is 13.4. The maximum Gasteiger partial charge on any atom is 0.338 e. The Labute approximate surface area is 212 Å². The number of allylic oxidation sites excluding steroid dienone is 1. The van der Waals surface area contributed by atoms with Gasteiger partial charge >= 0.3 is 5.97 Å². The van der Waals surface area contributed by atoms with E-state index in [0.29, 0.717) is 12.2 Å². The first kappa shape index (κ1) is 26.9. The maximum absolute atomic E-state index is 12.9. The lowest BCUT2D eigenvalue weighted by Crippen LogP contribution is -2.34. The number of rotatable bonds is 11. The molecule has 0 heterocycles. The topological polar surface area (TPSA) is 43.4 Å². The summed E-state index contributed by atoms with van der Waals surface area (Å²) in [5.41, 5.74) is 5.00. The molecule has 0 bridgehead atoms. The van der Waals surface area contributed by atoms with Gasteiger partial charge in [0, 0.05) is 5.56 Å². The van der Waals surface area contributed by atoms with Gasteiger partial charge in [-0.15, -0.1) is 0 Å². The zero-order valence-electron chi connectivity index (χ0n) is 22.3. The van der Waals surface area contributed by atoms with Crippen LogP contribution in [0.4, 0.5) is 0 Å². The molecule has 3 heteroatoms. The van der Waals surface area contributed by atoms with Gasteiger partial charge in [-0.05, 0) is 71.1 Å². The Morgan fingerprint density at radius 1 is 0.800 bits per heavy atom. The minimum absolute atomic E-state index is 0.00518. The minimum Gasteiger partial charge on any atom is -0.462 e. The van der Waals surface area contributed by atoms with E-state index in [1.807, 2.05) is 24.3 Å². The maximum atomic E-state index is 12.9. The summed E-state index contributed by atoms with van der Waals surface area (Å²) in [5, 5.41) is 0. The average molecular weight is 475 g/mol. The second kappa shape index (κ2) is 11.8. The Kier molecular flexibility index (Phi) is 9.10. The molecule has 3 rings (SSSR count). The summed E-state index contributed by atoms with van der Waals surface area (Å²) >= 11 is 0. The van der Waals surface area contributed by atoms with E-state index in [0.717, 1.165) is 36.8 Å². The van der Waals surface area contributed by atoms with Crippen molar-refractivity contribution in [2.45, 2.75) is 96.8 Å². The van der Waals surface area contributed by atoms with Crippen LogP contribution < -0.4 is 0 Å². The van der Waals surface area contributed by atoms with Crippen LogP contribution in [0.15, 0.2) is 48.5 Å². The molecule has 0 aromatic heterocycles. The standard InChI is InChI=1S/C32H42O3/c1-6-7-8-9-10-11-22-35-30(34)25-15-12-24(13-16-25)14-19-29(33)26-17-18-27-28(23-26)32(4,5)21-20-31(27,2)3/h12-19,23H,6-11,20-22H2,1-5H3. The molecule has 0 atom stereocenters. The molecule has 0 saturated heterocycles. The lowest BCUT2D eigenvalue weighted by atomic mass is 9.63. The molecule has 0 fully saturated rings. The number of hydrogen-bond acceptors (Lipinski definition) is 3. The molecule has 188 valence electrons. The molecule has 0 spiro atoms. The summed E-state index contributed by atoms with van der Waals surface area (Å²) in [6.45, 7) is 11.8. The largest absolute Gasteiger partial charge is 0.462 e. The smallest absolute Gasteiger partial charge is 0.338 e. The molecule has 0 aliphatic heterocycles.